The van der Waals surface area contributed by atoms with Crippen molar-refractivity contribution < 1.29 is 18.3 Å². The molecular weight excluding hydrogens is 472 g/mol. The second-order valence-corrected chi connectivity index (χ2v) is 9.60. The molecule has 5 rings (SSSR count). The number of fused-ring (bicyclic) bond motifs is 1. The van der Waals surface area contributed by atoms with E-state index in [0.717, 1.165) is 27.8 Å². The summed E-state index contributed by atoms with van der Waals surface area (Å²) in [4.78, 5) is 15.7. The third kappa shape index (κ3) is 5.07. The first-order valence-electron chi connectivity index (χ1n) is 12.6. The van der Waals surface area contributed by atoms with Gasteiger partial charge < -0.3 is 15.4 Å². The number of nitrogens with one attached hydrogen (secondary N) is 1. The topological polar surface area (TPSA) is 67.6 Å². The number of hydrogen-bond acceptors (Lipinski definition) is 4. The van der Waals surface area contributed by atoms with Crippen LogP contribution < -0.4 is 11.1 Å². The highest BCUT2D eigenvalue weighted by atomic mass is 19.1. The molecule has 1 amide bonds. The molecule has 7 heteroatoms. The zero-order valence-corrected chi connectivity index (χ0v) is 20.8. The van der Waals surface area contributed by atoms with E-state index in [4.69, 9.17) is 10.5 Å². The fourth-order valence-electron chi connectivity index (χ4n) is 5.48. The van der Waals surface area contributed by atoms with Crippen LogP contribution in [0.4, 0.5) is 8.78 Å². The van der Waals surface area contributed by atoms with E-state index in [2.05, 4.69) is 5.32 Å². The summed E-state index contributed by atoms with van der Waals surface area (Å²) in [6, 6.07) is 17.1. The van der Waals surface area contributed by atoms with Gasteiger partial charge in [0.05, 0.1) is 12.8 Å². The molecule has 1 atom stereocenters. The number of hydrogen-bond donors (Lipinski definition) is 2. The number of amides is 1. The van der Waals surface area contributed by atoms with E-state index in [1.165, 1.54) is 18.2 Å². The molecule has 1 fully saturated rings. The first kappa shape index (κ1) is 25.3. The van der Waals surface area contributed by atoms with Gasteiger partial charge in [-0.15, -0.1) is 0 Å². The maximum absolute atomic E-state index is 14.6. The Hall–Kier alpha value is -3.39. The Morgan fingerprint density at radius 1 is 1.05 bits per heavy atom. The molecule has 3 aromatic rings. The Kier molecular flexibility index (Phi) is 7.46. The fraction of sp³-hybridized carbons (Fsp3) is 0.300. The lowest BCUT2D eigenvalue weighted by Crippen LogP contribution is -2.38. The molecule has 1 heterocycles. The third-order valence-electron chi connectivity index (χ3n) is 7.37. The summed E-state index contributed by atoms with van der Waals surface area (Å²) in [6.07, 6.45) is 3.28. The minimum absolute atomic E-state index is 0.0411. The number of nitrogens with zero attached hydrogens (tertiary/aromatic N) is 1. The number of rotatable bonds is 7. The second-order valence-electron chi connectivity index (χ2n) is 9.60. The molecule has 1 aliphatic heterocycles. The van der Waals surface area contributed by atoms with Gasteiger partial charge in [0.2, 0.25) is 0 Å². The number of halogens is 2. The summed E-state index contributed by atoms with van der Waals surface area (Å²) in [5, 5.41) is 3.32. The molecule has 3 aromatic carbocycles. The number of methoxy groups -OCH3 is 1. The first-order valence-corrected chi connectivity index (χ1v) is 12.6. The van der Waals surface area contributed by atoms with Gasteiger partial charge in [-0.2, -0.15) is 0 Å². The van der Waals surface area contributed by atoms with Crippen molar-refractivity contribution in [2.75, 3.05) is 26.9 Å². The van der Waals surface area contributed by atoms with Crippen LogP contribution in [-0.4, -0.2) is 37.7 Å². The summed E-state index contributed by atoms with van der Waals surface area (Å²) >= 11 is 0. The van der Waals surface area contributed by atoms with Gasteiger partial charge in [0.25, 0.3) is 5.91 Å². The molecule has 0 bridgehead atoms. The van der Waals surface area contributed by atoms with E-state index in [1.54, 1.807) is 19.2 Å². The van der Waals surface area contributed by atoms with Gasteiger partial charge in [0, 0.05) is 32.3 Å². The van der Waals surface area contributed by atoms with E-state index in [-0.39, 0.29) is 29.5 Å². The fourth-order valence-corrected chi connectivity index (χ4v) is 5.48. The molecule has 3 N–H and O–H groups in total. The predicted molar refractivity (Wildman–Crippen MR) is 140 cm³/mol. The molecule has 5 nitrogen and oxygen atoms in total. The van der Waals surface area contributed by atoms with Crippen LogP contribution in [-0.2, 0) is 16.1 Å². The van der Waals surface area contributed by atoms with Crippen LogP contribution in [0.15, 0.2) is 66.7 Å². The monoisotopic (exact) mass is 503 g/mol. The van der Waals surface area contributed by atoms with E-state index < -0.39 is 0 Å². The quantitative estimate of drug-likeness (QED) is 0.439. The van der Waals surface area contributed by atoms with Gasteiger partial charge in [-0.3, -0.25) is 10.1 Å². The van der Waals surface area contributed by atoms with Crippen molar-refractivity contribution in [2.24, 2.45) is 5.73 Å². The molecule has 1 unspecified atom stereocenters. The van der Waals surface area contributed by atoms with Gasteiger partial charge in [-0.05, 0) is 76.4 Å². The van der Waals surface area contributed by atoms with Crippen molar-refractivity contribution >= 4 is 11.5 Å². The Balaban J connectivity index is 1.42. The summed E-state index contributed by atoms with van der Waals surface area (Å²) in [7, 11) is 1.61. The minimum Gasteiger partial charge on any atom is -0.370 e. The smallest absolute Gasteiger partial charge is 0.254 e. The molecule has 1 saturated heterocycles. The van der Waals surface area contributed by atoms with Gasteiger partial charge in [-0.1, -0.05) is 42.5 Å². The zero-order valence-electron chi connectivity index (χ0n) is 20.8. The van der Waals surface area contributed by atoms with Gasteiger partial charge in [0.15, 0.2) is 0 Å². The number of carbonyl (C=O) groups excluding carboxylic acids is 1. The van der Waals surface area contributed by atoms with Crippen LogP contribution in [0, 0.1) is 11.6 Å². The van der Waals surface area contributed by atoms with Crippen molar-refractivity contribution in [3.05, 3.63) is 101 Å². The Morgan fingerprint density at radius 2 is 1.84 bits per heavy atom. The molecule has 1 aliphatic carbocycles. The number of piperidine rings is 1. The molecule has 0 aromatic heterocycles. The van der Waals surface area contributed by atoms with E-state index in [1.807, 2.05) is 41.3 Å². The molecule has 2 aliphatic rings. The highest BCUT2D eigenvalue weighted by molar-refractivity contribution is 6.23. The van der Waals surface area contributed by atoms with Crippen LogP contribution in [0.3, 0.4) is 0 Å². The molecule has 37 heavy (non-hydrogen) atoms. The first-order chi connectivity index (χ1) is 18.0. The van der Waals surface area contributed by atoms with E-state index >= 15 is 0 Å². The normalized spacial score (nSPS) is 17.6. The summed E-state index contributed by atoms with van der Waals surface area (Å²) in [5.74, 6) is -0.575. The van der Waals surface area contributed by atoms with Crippen LogP contribution >= 0.6 is 0 Å². The van der Waals surface area contributed by atoms with E-state index in [0.29, 0.717) is 50.3 Å². The molecule has 192 valence electrons. The predicted octanol–water partition coefficient (Wildman–Crippen LogP) is 5.13. The largest absolute Gasteiger partial charge is 0.370 e. The van der Waals surface area contributed by atoms with Gasteiger partial charge >= 0.3 is 0 Å². The number of likely N-dealkylation sites (tertiary alicyclic amines) is 1. The van der Waals surface area contributed by atoms with Gasteiger partial charge in [-0.25, -0.2) is 8.78 Å². The number of nitrogens with two attached hydrogens (primary N) is 1. The van der Waals surface area contributed by atoms with Crippen molar-refractivity contribution in [1.82, 2.24) is 10.2 Å². The van der Waals surface area contributed by atoms with Crippen LogP contribution in [0.2, 0.25) is 0 Å². The molecule has 0 saturated carbocycles. The SMILES string of the molecule is COCNC1C=C(C(=O)N2CCC(c3cc(CN)ccc3F)CC2)c2c(-c3cccc(F)c3)cccc21. The Morgan fingerprint density at radius 3 is 2.57 bits per heavy atom. The summed E-state index contributed by atoms with van der Waals surface area (Å²) in [6.45, 7) is 1.75. The van der Waals surface area contributed by atoms with Gasteiger partial charge in [0.1, 0.15) is 11.6 Å². The lowest BCUT2D eigenvalue weighted by Gasteiger charge is -2.33. The number of benzene rings is 3. The lowest BCUT2D eigenvalue weighted by atomic mass is 9.87. The van der Waals surface area contributed by atoms with Crippen LogP contribution in [0.25, 0.3) is 16.7 Å². The average Bonchev–Trinajstić information content (AvgIpc) is 3.30. The van der Waals surface area contributed by atoms with Crippen LogP contribution in [0.1, 0.15) is 47.1 Å². The lowest BCUT2D eigenvalue weighted by molar-refractivity contribution is -0.126. The standard InChI is InChI=1S/C30H31F2N3O2/c1-37-18-34-28-16-26(29-23(6-3-7-24(28)29)21-4-2-5-22(31)15-21)30(36)35-12-10-20(11-13-35)25-14-19(17-33)8-9-27(25)32/h2-9,14-16,20,28,34H,10-13,17-18,33H2,1H3. The Bertz CT molecular complexity index is 1330. The average molecular weight is 504 g/mol. The maximum Gasteiger partial charge on any atom is 0.254 e. The number of carbonyl (C=O) groups is 1. The summed E-state index contributed by atoms with van der Waals surface area (Å²) in [5.41, 5.74) is 11.2. The van der Waals surface area contributed by atoms with Crippen LogP contribution in [0.5, 0.6) is 0 Å². The molecule has 0 spiro atoms. The Labute approximate surface area is 215 Å². The maximum atomic E-state index is 14.6. The second kappa shape index (κ2) is 10.9. The highest BCUT2D eigenvalue weighted by Crippen LogP contribution is 2.42. The zero-order chi connectivity index (χ0) is 25.9. The number of ether oxygens (including phenoxy) is 1. The van der Waals surface area contributed by atoms with Crippen molar-refractivity contribution in [1.29, 1.82) is 0 Å². The molecule has 0 radical (unpaired) electrons. The van der Waals surface area contributed by atoms with Crippen molar-refractivity contribution in [3.8, 4) is 11.1 Å². The minimum atomic E-state index is -0.327. The van der Waals surface area contributed by atoms with E-state index in [9.17, 15) is 13.6 Å². The third-order valence-corrected chi connectivity index (χ3v) is 7.37. The highest BCUT2D eigenvalue weighted by Gasteiger charge is 2.34. The summed E-state index contributed by atoms with van der Waals surface area (Å²) < 4.78 is 33.9. The van der Waals surface area contributed by atoms with Crippen molar-refractivity contribution in [2.45, 2.75) is 31.3 Å². The van der Waals surface area contributed by atoms with Crippen molar-refractivity contribution in [3.63, 3.8) is 0 Å². The molecular formula is C30H31F2N3O2.